The molecule has 0 saturated heterocycles. The van der Waals surface area contributed by atoms with Crippen LogP contribution in [-0.4, -0.2) is 36.4 Å². The number of carbonyl (C=O) groups excluding carboxylic acids is 2. The molecule has 1 aromatic carbocycles. The van der Waals surface area contributed by atoms with Gasteiger partial charge in [-0.25, -0.2) is 0 Å². The third-order valence-corrected chi connectivity index (χ3v) is 4.36. The van der Waals surface area contributed by atoms with Gasteiger partial charge in [-0.2, -0.15) is 0 Å². The number of ether oxygens (including phenoxy) is 1. The lowest BCUT2D eigenvalue weighted by Crippen LogP contribution is -2.43. The van der Waals surface area contributed by atoms with Gasteiger partial charge in [0.15, 0.2) is 0 Å². The van der Waals surface area contributed by atoms with Gasteiger partial charge in [0.2, 0.25) is 11.8 Å². The molecule has 0 bridgehead atoms. The van der Waals surface area contributed by atoms with Crippen molar-refractivity contribution >= 4 is 17.5 Å². The van der Waals surface area contributed by atoms with E-state index in [9.17, 15) is 9.59 Å². The molecule has 0 unspecified atom stereocenters. The molecule has 1 fully saturated rings. The Labute approximate surface area is 138 Å². The van der Waals surface area contributed by atoms with Gasteiger partial charge in [-0.15, -0.1) is 0 Å². The highest BCUT2D eigenvalue weighted by Gasteiger charge is 2.24. The van der Waals surface area contributed by atoms with E-state index in [0.717, 1.165) is 31.4 Å². The summed E-state index contributed by atoms with van der Waals surface area (Å²) in [5.74, 6) is 0.559. The quantitative estimate of drug-likeness (QED) is 0.848. The van der Waals surface area contributed by atoms with E-state index in [1.165, 1.54) is 12.8 Å². The van der Waals surface area contributed by atoms with Gasteiger partial charge in [-0.1, -0.05) is 25.7 Å². The number of nitrogens with one attached hydrogen (secondary N) is 1. The van der Waals surface area contributed by atoms with Crippen LogP contribution in [0.1, 0.15) is 45.4 Å². The van der Waals surface area contributed by atoms with Crippen molar-refractivity contribution in [2.45, 2.75) is 51.5 Å². The average molecular weight is 318 g/mol. The summed E-state index contributed by atoms with van der Waals surface area (Å²) in [6, 6.07) is 7.37. The number of nitrogens with zero attached hydrogens (tertiary/aromatic N) is 1. The van der Waals surface area contributed by atoms with E-state index < -0.39 is 0 Å². The van der Waals surface area contributed by atoms with Crippen molar-refractivity contribution in [1.82, 2.24) is 4.90 Å². The molecule has 23 heavy (non-hydrogen) atoms. The zero-order valence-electron chi connectivity index (χ0n) is 14.0. The van der Waals surface area contributed by atoms with Crippen molar-refractivity contribution in [2.24, 2.45) is 0 Å². The van der Waals surface area contributed by atoms with E-state index in [0.29, 0.717) is 5.69 Å². The van der Waals surface area contributed by atoms with Crippen molar-refractivity contribution in [3.05, 3.63) is 24.3 Å². The highest BCUT2D eigenvalue weighted by molar-refractivity contribution is 5.94. The van der Waals surface area contributed by atoms with Crippen molar-refractivity contribution in [2.75, 3.05) is 19.0 Å². The summed E-state index contributed by atoms with van der Waals surface area (Å²) in [5.41, 5.74) is 0.708. The first kappa shape index (κ1) is 17.3. The SMILES string of the molecule is COc1ccc(NC(=O)CN(C(C)=O)C2CCCCCC2)cc1. The summed E-state index contributed by atoms with van der Waals surface area (Å²) in [6.07, 6.45) is 6.70. The third-order valence-electron chi connectivity index (χ3n) is 4.36. The van der Waals surface area contributed by atoms with Crippen LogP contribution in [0.3, 0.4) is 0 Å². The Morgan fingerprint density at radius 3 is 2.26 bits per heavy atom. The predicted octanol–water partition coefficient (Wildman–Crippen LogP) is 3.21. The fourth-order valence-corrected chi connectivity index (χ4v) is 3.10. The Hall–Kier alpha value is -2.04. The standard InChI is InChI=1S/C18H26N2O3/c1-14(21)20(16-7-5-3-4-6-8-16)13-18(22)19-15-9-11-17(23-2)12-10-15/h9-12,16H,3-8,13H2,1-2H3,(H,19,22). The van der Waals surface area contributed by atoms with Gasteiger partial charge in [0, 0.05) is 18.7 Å². The second-order valence-corrected chi connectivity index (χ2v) is 6.07. The summed E-state index contributed by atoms with van der Waals surface area (Å²) in [5, 5.41) is 2.84. The van der Waals surface area contributed by atoms with Crippen molar-refractivity contribution in [3.8, 4) is 5.75 Å². The molecular weight excluding hydrogens is 292 g/mol. The molecule has 0 spiro atoms. The van der Waals surface area contributed by atoms with Gasteiger partial charge in [0.25, 0.3) is 0 Å². The molecule has 0 heterocycles. The van der Waals surface area contributed by atoms with E-state index in [-0.39, 0.29) is 24.4 Å². The van der Waals surface area contributed by atoms with Gasteiger partial charge in [0.05, 0.1) is 7.11 Å². The van der Waals surface area contributed by atoms with Crippen LogP contribution in [-0.2, 0) is 9.59 Å². The molecule has 1 N–H and O–H groups in total. The monoisotopic (exact) mass is 318 g/mol. The number of rotatable bonds is 5. The highest BCUT2D eigenvalue weighted by atomic mass is 16.5. The van der Waals surface area contributed by atoms with Crippen molar-refractivity contribution in [1.29, 1.82) is 0 Å². The second-order valence-electron chi connectivity index (χ2n) is 6.07. The zero-order chi connectivity index (χ0) is 16.7. The maximum atomic E-state index is 12.3. The van der Waals surface area contributed by atoms with Gasteiger partial charge >= 0.3 is 0 Å². The van der Waals surface area contributed by atoms with E-state index in [4.69, 9.17) is 4.74 Å². The molecule has 0 radical (unpaired) electrons. The minimum Gasteiger partial charge on any atom is -0.497 e. The van der Waals surface area contributed by atoms with E-state index >= 15 is 0 Å². The van der Waals surface area contributed by atoms with Gasteiger partial charge in [0.1, 0.15) is 12.3 Å². The van der Waals surface area contributed by atoms with Crippen LogP contribution in [0.15, 0.2) is 24.3 Å². The molecular formula is C18H26N2O3. The van der Waals surface area contributed by atoms with Gasteiger partial charge in [-0.05, 0) is 37.1 Å². The predicted molar refractivity (Wildman–Crippen MR) is 90.5 cm³/mol. The average Bonchev–Trinajstić information content (AvgIpc) is 2.82. The molecule has 1 aliphatic rings. The van der Waals surface area contributed by atoms with Crippen LogP contribution < -0.4 is 10.1 Å². The molecule has 0 aromatic heterocycles. The first-order chi connectivity index (χ1) is 11.1. The van der Waals surface area contributed by atoms with E-state index in [1.807, 2.05) is 0 Å². The van der Waals surface area contributed by atoms with Crippen LogP contribution >= 0.6 is 0 Å². The lowest BCUT2D eigenvalue weighted by molar-refractivity contribution is -0.135. The Kier molecular flexibility index (Phi) is 6.44. The fourth-order valence-electron chi connectivity index (χ4n) is 3.10. The fraction of sp³-hybridized carbons (Fsp3) is 0.556. The first-order valence-corrected chi connectivity index (χ1v) is 8.31. The van der Waals surface area contributed by atoms with Crippen molar-refractivity contribution < 1.29 is 14.3 Å². The summed E-state index contributed by atoms with van der Waals surface area (Å²) in [7, 11) is 1.60. The topological polar surface area (TPSA) is 58.6 Å². The first-order valence-electron chi connectivity index (χ1n) is 8.31. The minimum absolute atomic E-state index is 0.0261. The number of methoxy groups -OCH3 is 1. The van der Waals surface area contributed by atoms with Crippen molar-refractivity contribution in [3.63, 3.8) is 0 Å². The number of benzene rings is 1. The van der Waals surface area contributed by atoms with Crippen LogP contribution in [0.4, 0.5) is 5.69 Å². The molecule has 0 atom stereocenters. The molecule has 0 aliphatic heterocycles. The normalized spacial score (nSPS) is 15.6. The molecule has 1 aromatic rings. The molecule has 2 rings (SSSR count). The molecule has 5 nitrogen and oxygen atoms in total. The third kappa shape index (κ3) is 5.27. The van der Waals surface area contributed by atoms with Gasteiger partial charge < -0.3 is 15.0 Å². The Morgan fingerprint density at radius 2 is 1.74 bits per heavy atom. The lowest BCUT2D eigenvalue weighted by atomic mass is 10.1. The van der Waals surface area contributed by atoms with Gasteiger partial charge in [-0.3, -0.25) is 9.59 Å². The summed E-state index contributed by atoms with van der Waals surface area (Å²) in [4.78, 5) is 26.0. The van der Waals surface area contributed by atoms with Crippen LogP contribution in [0.5, 0.6) is 5.75 Å². The molecule has 1 saturated carbocycles. The molecule has 126 valence electrons. The van der Waals surface area contributed by atoms with Crippen LogP contribution in [0.25, 0.3) is 0 Å². The number of carbonyl (C=O) groups is 2. The van der Waals surface area contributed by atoms with E-state index in [1.54, 1.807) is 43.2 Å². The number of amides is 2. The molecule has 2 amide bonds. The van der Waals surface area contributed by atoms with Crippen LogP contribution in [0, 0.1) is 0 Å². The smallest absolute Gasteiger partial charge is 0.244 e. The largest absolute Gasteiger partial charge is 0.497 e. The minimum atomic E-state index is -0.158. The second kappa shape index (κ2) is 8.56. The zero-order valence-corrected chi connectivity index (χ0v) is 14.0. The molecule has 1 aliphatic carbocycles. The Morgan fingerprint density at radius 1 is 1.13 bits per heavy atom. The summed E-state index contributed by atoms with van der Waals surface area (Å²) in [6.45, 7) is 1.66. The number of hydrogen-bond acceptors (Lipinski definition) is 3. The Balaban J connectivity index is 1.95. The summed E-state index contributed by atoms with van der Waals surface area (Å²) >= 11 is 0. The Bertz CT molecular complexity index is 520. The number of anilines is 1. The summed E-state index contributed by atoms with van der Waals surface area (Å²) < 4.78 is 5.10. The number of hydrogen-bond donors (Lipinski definition) is 1. The molecule has 5 heteroatoms. The van der Waals surface area contributed by atoms with Crippen LogP contribution in [0.2, 0.25) is 0 Å². The maximum Gasteiger partial charge on any atom is 0.244 e. The highest BCUT2D eigenvalue weighted by Crippen LogP contribution is 2.22. The maximum absolute atomic E-state index is 12.3. The van der Waals surface area contributed by atoms with E-state index in [2.05, 4.69) is 5.32 Å². The lowest BCUT2D eigenvalue weighted by Gasteiger charge is -2.29.